The van der Waals surface area contributed by atoms with E-state index in [4.69, 9.17) is 9.16 Å². The van der Waals surface area contributed by atoms with Crippen LogP contribution in [-0.4, -0.2) is 44.5 Å². The normalized spacial score (nSPS) is 18.1. The molecular weight excluding hydrogens is 300 g/mol. The molecule has 0 saturated carbocycles. The van der Waals surface area contributed by atoms with Crippen LogP contribution >= 0.6 is 11.3 Å². The minimum absolute atomic E-state index is 0.258. The molecule has 1 aromatic heterocycles. The van der Waals surface area contributed by atoms with Gasteiger partial charge in [-0.15, -0.1) is 11.3 Å². The van der Waals surface area contributed by atoms with Crippen molar-refractivity contribution in [1.29, 1.82) is 0 Å². The lowest BCUT2D eigenvalue weighted by molar-refractivity contribution is 0.0341. The van der Waals surface area contributed by atoms with Gasteiger partial charge in [-0.3, -0.25) is 4.90 Å². The Labute approximate surface area is 133 Å². The second-order valence-corrected chi connectivity index (χ2v) is 13.2. The van der Waals surface area contributed by atoms with Crippen LogP contribution in [0.5, 0.6) is 0 Å². The number of thiazole rings is 1. The molecule has 2 heterocycles. The zero-order chi connectivity index (χ0) is 15.5. The van der Waals surface area contributed by atoms with Crippen LogP contribution in [0.1, 0.15) is 30.7 Å². The molecule has 0 radical (unpaired) electrons. The van der Waals surface area contributed by atoms with E-state index in [1.165, 1.54) is 9.88 Å². The molecule has 1 aliphatic rings. The van der Waals surface area contributed by atoms with Crippen LogP contribution in [0.15, 0.2) is 6.20 Å². The minimum atomic E-state index is -1.67. The smallest absolute Gasteiger partial charge is 0.192 e. The number of nitrogens with zero attached hydrogens (tertiary/aromatic N) is 2. The lowest BCUT2D eigenvalue weighted by Gasteiger charge is -2.35. The van der Waals surface area contributed by atoms with Crippen LogP contribution < -0.4 is 0 Å². The Kier molecular flexibility index (Phi) is 5.59. The quantitative estimate of drug-likeness (QED) is 0.775. The van der Waals surface area contributed by atoms with Crippen LogP contribution in [0.2, 0.25) is 18.1 Å². The van der Waals surface area contributed by atoms with Crippen molar-refractivity contribution >= 4 is 19.7 Å². The van der Waals surface area contributed by atoms with Crippen LogP contribution in [0.3, 0.4) is 0 Å². The van der Waals surface area contributed by atoms with Gasteiger partial charge in [0.25, 0.3) is 0 Å². The third-order valence-electron chi connectivity index (χ3n) is 4.45. The molecule has 1 fully saturated rings. The molecule has 0 spiro atoms. The van der Waals surface area contributed by atoms with Crippen molar-refractivity contribution in [3.8, 4) is 0 Å². The van der Waals surface area contributed by atoms with Gasteiger partial charge in [-0.25, -0.2) is 4.98 Å². The molecular formula is C15H28N2O2SSi. The van der Waals surface area contributed by atoms with Crippen molar-refractivity contribution in [1.82, 2.24) is 9.88 Å². The van der Waals surface area contributed by atoms with E-state index in [1.54, 1.807) is 11.3 Å². The minimum Gasteiger partial charge on any atom is -0.412 e. The van der Waals surface area contributed by atoms with Crippen LogP contribution in [0, 0.1) is 0 Å². The Morgan fingerprint density at radius 2 is 2.00 bits per heavy atom. The summed E-state index contributed by atoms with van der Waals surface area (Å²) in [4.78, 5) is 8.19. The fourth-order valence-corrected chi connectivity index (χ4v) is 3.84. The molecule has 0 aromatic carbocycles. The molecule has 0 atom stereocenters. The third-order valence-corrected chi connectivity index (χ3v) is 9.88. The largest absolute Gasteiger partial charge is 0.412 e. The highest BCUT2D eigenvalue weighted by Gasteiger charge is 2.37. The Bertz CT molecular complexity index is 451. The number of rotatable bonds is 5. The van der Waals surface area contributed by atoms with E-state index >= 15 is 0 Å². The van der Waals surface area contributed by atoms with Crippen molar-refractivity contribution < 1.29 is 9.16 Å². The van der Waals surface area contributed by atoms with Crippen molar-refractivity contribution in [3.63, 3.8) is 0 Å². The fourth-order valence-electron chi connectivity index (χ4n) is 1.91. The highest BCUT2D eigenvalue weighted by molar-refractivity contribution is 7.11. The molecule has 0 aliphatic carbocycles. The maximum atomic E-state index is 6.26. The summed E-state index contributed by atoms with van der Waals surface area (Å²) >= 11 is 1.78. The Balaban J connectivity index is 1.85. The van der Waals surface area contributed by atoms with Gasteiger partial charge in [0.2, 0.25) is 0 Å². The number of hydrogen-bond acceptors (Lipinski definition) is 5. The maximum absolute atomic E-state index is 6.26. The van der Waals surface area contributed by atoms with Gasteiger partial charge in [-0.1, -0.05) is 20.8 Å². The average Bonchev–Trinajstić information content (AvgIpc) is 2.84. The molecule has 0 N–H and O–H groups in total. The van der Waals surface area contributed by atoms with Gasteiger partial charge in [0.15, 0.2) is 8.32 Å². The monoisotopic (exact) mass is 328 g/mol. The summed E-state index contributed by atoms with van der Waals surface area (Å²) in [6, 6.07) is 0. The fraction of sp³-hybridized carbons (Fsp3) is 0.800. The topological polar surface area (TPSA) is 34.6 Å². The summed E-state index contributed by atoms with van der Waals surface area (Å²) in [5, 5.41) is 1.44. The van der Waals surface area contributed by atoms with Gasteiger partial charge in [0.05, 0.1) is 26.4 Å². The number of morpholine rings is 1. The first-order valence-corrected chi connectivity index (χ1v) is 11.4. The van der Waals surface area contributed by atoms with E-state index in [-0.39, 0.29) is 5.04 Å². The first kappa shape index (κ1) is 17.1. The van der Waals surface area contributed by atoms with Crippen LogP contribution in [0.4, 0.5) is 0 Å². The standard InChI is InChI=1S/C15H28N2O2SSi/c1-15(2,3)21(4,5)19-12-13-10-16-14(20-13)11-17-6-8-18-9-7-17/h10H,6-9,11-12H2,1-5H3. The van der Waals surface area contributed by atoms with E-state index in [2.05, 4.69) is 43.7 Å². The van der Waals surface area contributed by atoms with Crippen LogP contribution in [0.25, 0.3) is 0 Å². The molecule has 1 aliphatic heterocycles. The molecule has 0 amide bonds. The molecule has 6 heteroatoms. The van der Waals surface area contributed by atoms with E-state index in [0.717, 1.165) is 32.8 Å². The zero-order valence-corrected chi connectivity index (χ0v) is 15.8. The highest BCUT2D eigenvalue weighted by atomic mass is 32.1. The van der Waals surface area contributed by atoms with Gasteiger partial charge >= 0.3 is 0 Å². The molecule has 0 unspecified atom stereocenters. The molecule has 1 saturated heterocycles. The lowest BCUT2D eigenvalue weighted by atomic mass is 10.2. The summed E-state index contributed by atoms with van der Waals surface area (Å²) in [5.41, 5.74) is 0. The SMILES string of the molecule is CC(C)(C)[Si](C)(C)OCc1cnc(CN2CCOCC2)s1. The summed E-state index contributed by atoms with van der Waals surface area (Å²) in [5.74, 6) is 0. The molecule has 120 valence electrons. The van der Waals surface area contributed by atoms with Gasteiger partial charge < -0.3 is 9.16 Å². The average molecular weight is 329 g/mol. The number of aromatic nitrogens is 1. The molecule has 0 bridgehead atoms. The van der Waals surface area contributed by atoms with Crippen molar-refractivity contribution in [2.24, 2.45) is 0 Å². The first-order valence-electron chi connectivity index (χ1n) is 7.65. The molecule has 1 aromatic rings. The van der Waals surface area contributed by atoms with Crippen molar-refractivity contribution in [3.05, 3.63) is 16.1 Å². The summed E-state index contributed by atoms with van der Waals surface area (Å²) in [6.07, 6.45) is 1.98. The predicted octanol–water partition coefficient (Wildman–Crippen LogP) is 3.50. The Morgan fingerprint density at radius 1 is 1.33 bits per heavy atom. The summed E-state index contributed by atoms with van der Waals surface area (Å²) in [6.45, 7) is 16.8. The van der Waals surface area contributed by atoms with Crippen LogP contribution in [-0.2, 0) is 22.3 Å². The molecule has 4 nitrogen and oxygen atoms in total. The van der Waals surface area contributed by atoms with Gasteiger partial charge in [0, 0.05) is 24.2 Å². The highest BCUT2D eigenvalue weighted by Crippen LogP contribution is 2.37. The molecule has 21 heavy (non-hydrogen) atoms. The van der Waals surface area contributed by atoms with Crippen molar-refractivity contribution in [2.75, 3.05) is 26.3 Å². The Morgan fingerprint density at radius 3 is 2.62 bits per heavy atom. The van der Waals surface area contributed by atoms with E-state index in [1.807, 2.05) is 6.20 Å². The van der Waals surface area contributed by atoms with Gasteiger partial charge in [0.1, 0.15) is 5.01 Å². The Hall–Kier alpha value is -0.273. The second kappa shape index (κ2) is 6.87. The molecule has 2 rings (SSSR count). The zero-order valence-electron chi connectivity index (χ0n) is 13.9. The predicted molar refractivity (Wildman–Crippen MR) is 90.2 cm³/mol. The second-order valence-electron chi connectivity index (χ2n) is 7.16. The first-order chi connectivity index (χ1) is 9.78. The van der Waals surface area contributed by atoms with E-state index in [0.29, 0.717) is 6.61 Å². The van der Waals surface area contributed by atoms with Gasteiger partial charge in [-0.05, 0) is 18.1 Å². The summed E-state index contributed by atoms with van der Waals surface area (Å²) < 4.78 is 11.6. The summed E-state index contributed by atoms with van der Waals surface area (Å²) in [7, 11) is -1.67. The lowest BCUT2D eigenvalue weighted by Crippen LogP contribution is -2.40. The van der Waals surface area contributed by atoms with Gasteiger partial charge in [-0.2, -0.15) is 0 Å². The van der Waals surface area contributed by atoms with E-state index < -0.39 is 8.32 Å². The third kappa shape index (κ3) is 4.86. The van der Waals surface area contributed by atoms with E-state index in [9.17, 15) is 0 Å². The number of hydrogen-bond donors (Lipinski definition) is 0. The maximum Gasteiger partial charge on any atom is 0.192 e. The van der Waals surface area contributed by atoms with Crippen molar-refractivity contribution in [2.45, 2.75) is 52.1 Å². The number of ether oxygens (including phenoxy) is 1.